The average molecular weight is 302 g/mol. The van der Waals surface area contributed by atoms with Crippen LogP contribution < -0.4 is 4.74 Å². The van der Waals surface area contributed by atoms with Gasteiger partial charge in [0, 0.05) is 11.1 Å². The number of hydrogen-bond acceptors (Lipinski definition) is 3. The number of carboxylic acids is 1. The van der Waals surface area contributed by atoms with Crippen LogP contribution in [-0.2, 0) is 4.79 Å². The molecule has 2 N–H and O–H groups in total. The first kappa shape index (κ1) is 16.1. The Morgan fingerprint density at radius 3 is 2.68 bits per heavy atom. The third kappa shape index (κ3) is 3.87. The molecule has 1 heterocycles. The van der Waals surface area contributed by atoms with Crippen LogP contribution in [0.2, 0.25) is 0 Å². The number of benzene rings is 1. The molecular weight excluding hydrogens is 280 g/mol. The average Bonchev–Trinajstić information content (AvgIpc) is 3.00. The minimum Gasteiger partial charge on any atom is -0.494 e. The van der Waals surface area contributed by atoms with Crippen LogP contribution in [0.3, 0.4) is 0 Å². The highest BCUT2D eigenvalue weighted by molar-refractivity contribution is 5.79. The van der Waals surface area contributed by atoms with Gasteiger partial charge in [-0.25, -0.2) is 0 Å². The molecule has 0 saturated carbocycles. The Morgan fingerprint density at radius 2 is 2.05 bits per heavy atom. The van der Waals surface area contributed by atoms with Gasteiger partial charge in [0.1, 0.15) is 5.75 Å². The summed E-state index contributed by atoms with van der Waals surface area (Å²) in [4.78, 5) is 11.1. The second kappa shape index (κ2) is 7.64. The maximum absolute atomic E-state index is 11.1. The molecule has 1 atom stereocenters. The molecule has 0 aliphatic carbocycles. The Morgan fingerprint density at radius 1 is 1.32 bits per heavy atom. The van der Waals surface area contributed by atoms with Gasteiger partial charge < -0.3 is 9.84 Å². The van der Waals surface area contributed by atoms with Gasteiger partial charge in [0.2, 0.25) is 0 Å². The van der Waals surface area contributed by atoms with Crippen molar-refractivity contribution >= 4 is 5.97 Å². The van der Waals surface area contributed by atoms with Crippen molar-refractivity contribution in [2.24, 2.45) is 0 Å². The number of aromatic amines is 1. The van der Waals surface area contributed by atoms with E-state index in [0.29, 0.717) is 5.56 Å². The molecule has 22 heavy (non-hydrogen) atoms. The van der Waals surface area contributed by atoms with E-state index in [-0.39, 0.29) is 0 Å². The number of ether oxygens (including phenoxy) is 1. The topological polar surface area (TPSA) is 75.2 Å². The van der Waals surface area contributed by atoms with E-state index in [0.717, 1.165) is 30.0 Å². The molecule has 2 aromatic rings. The lowest BCUT2D eigenvalue weighted by atomic mass is 9.98. The van der Waals surface area contributed by atoms with Gasteiger partial charge in [0.15, 0.2) is 0 Å². The van der Waals surface area contributed by atoms with Crippen molar-refractivity contribution in [3.63, 3.8) is 0 Å². The first-order valence-corrected chi connectivity index (χ1v) is 7.62. The van der Waals surface area contributed by atoms with E-state index in [1.54, 1.807) is 13.1 Å². The van der Waals surface area contributed by atoms with Gasteiger partial charge >= 0.3 is 5.97 Å². The van der Waals surface area contributed by atoms with E-state index in [4.69, 9.17) is 9.84 Å². The number of carbonyl (C=O) groups is 1. The number of rotatable bonds is 8. The van der Waals surface area contributed by atoms with E-state index < -0.39 is 11.9 Å². The minimum absolute atomic E-state index is 0.598. The lowest BCUT2D eigenvalue weighted by Gasteiger charge is -2.09. The minimum atomic E-state index is -0.862. The van der Waals surface area contributed by atoms with Gasteiger partial charge in [-0.2, -0.15) is 5.10 Å². The van der Waals surface area contributed by atoms with Crippen molar-refractivity contribution in [2.45, 2.75) is 39.0 Å². The Bertz CT molecular complexity index is 605. The van der Waals surface area contributed by atoms with Gasteiger partial charge in [-0.3, -0.25) is 9.89 Å². The monoisotopic (exact) mass is 302 g/mol. The number of H-pyrrole nitrogens is 1. The van der Waals surface area contributed by atoms with Crippen LogP contribution >= 0.6 is 0 Å². The normalized spacial score (nSPS) is 12.1. The molecule has 1 unspecified atom stereocenters. The molecule has 0 amide bonds. The quantitative estimate of drug-likeness (QED) is 0.727. The molecule has 0 aliphatic rings. The van der Waals surface area contributed by atoms with Gasteiger partial charge in [0.25, 0.3) is 0 Å². The predicted octanol–water partition coefficient (Wildman–Crippen LogP) is 3.83. The highest BCUT2D eigenvalue weighted by atomic mass is 16.5. The standard InChI is InChI=1S/C17H22N2O3/c1-3-4-5-10-22-14-8-6-13(7-9-14)16-15(11-18-19-16)12(2)17(20)21/h6-9,11-12H,3-5,10H2,1-2H3,(H,18,19)(H,20,21). The zero-order valence-corrected chi connectivity index (χ0v) is 13.0. The van der Waals surface area contributed by atoms with Gasteiger partial charge in [0.05, 0.1) is 24.4 Å². The fourth-order valence-corrected chi connectivity index (χ4v) is 2.25. The number of hydrogen-bond donors (Lipinski definition) is 2. The fraction of sp³-hybridized carbons (Fsp3) is 0.412. The zero-order valence-electron chi connectivity index (χ0n) is 13.0. The van der Waals surface area contributed by atoms with Crippen molar-refractivity contribution in [1.29, 1.82) is 0 Å². The first-order valence-electron chi connectivity index (χ1n) is 7.62. The van der Waals surface area contributed by atoms with Crippen LogP contribution in [-0.4, -0.2) is 27.9 Å². The number of nitrogens with zero attached hydrogens (tertiary/aromatic N) is 1. The molecule has 0 saturated heterocycles. The van der Waals surface area contributed by atoms with Crippen molar-refractivity contribution in [3.05, 3.63) is 36.0 Å². The van der Waals surface area contributed by atoms with Gasteiger partial charge in [-0.15, -0.1) is 0 Å². The Kier molecular flexibility index (Phi) is 5.58. The molecule has 0 aliphatic heterocycles. The molecule has 5 nitrogen and oxygen atoms in total. The summed E-state index contributed by atoms with van der Waals surface area (Å²) in [7, 11) is 0. The smallest absolute Gasteiger partial charge is 0.310 e. The molecule has 0 radical (unpaired) electrons. The van der Waals surface area contributed by atoms with E-state index >= 15 is 0 Å². The summed E-state index contributed by atoms with van der Waals surface area (Å²) in [6, 6.07) is 7.64. The van der Waals surface area contributed by atoms with E-state index in [1.807, 2.05) is 24.3 Å². The van der Waals surface area contributed by atoms with Crippen LogP contribution in [0.4, 0.5) is 0 Å². The summed E-state index contributed by atoms with van der Waals surface area (Å²) in [5.41, 5.74) is 2.33. The van der Waals surface area contributed by atoms with Gasteiger partial charge in [-0.1, -0.05) is 19.8 Å². The fourth-order valence-electron chi connectivity index (χ4n) is 2.25. The molecule has 0 fully saturated rings. The van der Waals surface area contributed by atoms with Crippen LogP contribution in [0.5, 0.6) is 5.75 Å². The van der Waals surface area contributed by atoms with Crippen LogP contribution in [0.25, 0.3) is 11.3 Å². The number of unbranched alkanes of at least 4 members (excludes halogenated alkanes) is 2. The Hall–Kier alpha value is -2.30. The lowest BCUT2D eigenvalue weighted by Crippen LogP contribution is -2.07. The second-order valence-electron chi connectivity index (χ2n) is 5.34. The van der Waals surface area contributed by atoms with Crippen molar-refractivity contribution in [1.82, 2.24) is 10.2 Å². The molecule has 118 valence electrons. The van der Waals surface area contributed by atoms with Crippen LogP contribution in [0.15, 0.2) is 30.5 Å². The van der Waals surface area contributed by atoms with Crippen molar-refractivity contribution in [3.8, 4) is 17.0 Å². The summed E-state index contributed by atoms with van der Waals surface area (Å²) in [6.07, 6.45) is 4.97. The predicted molar refractivity (Wildman–Crippen MR) is 85.1 cm³/mol. The number of nitrogens with one attached hydrogen (secondary N) is 1. The van der Waals surface area contributed by atoms with Crippen LogP contribution in [0, 0.1) is 0 Å². The summed E-state index contributed by atoms with van der Waals surface area (Å²) in [6.45, 7) is 4.54. The SMILES string of the molecule is CCCCCOc1ccc(-c2[nH]ncc2C(C)C(=O)O)cc1. The maximum atomic E-state index is 11.1. The summed E-state index contributed by atoms with van der Waals surface area (Å²) in [5, 5.41) is 16.0. The molecular formula is C17H22N2O3. The lowest BCUT2D eigenvalue weighted by molar-refractivity contribution is -0.138. The second-order valence-corrected chi connectivity index (χ2v) is 5.34. The highest BCUT2D eigenvalue weighted by Gasteiger charge is 2.20. The number of carboxylic acid groups (broad SMARTS) is 1. The van der Waals surface area contributed by atoms with Crippen molar-refractivity contribution in [2.75, 3.05) is 6.61 Å². The first-order chi connectivity index (χ1) is 10.6. The summed E-state index contributed by atoms with van der Waals surface area (Å²) in [5.74, 6) is -0.635. The summed E-state index contributed by atoms with van der Waals surface area (Å²) >= 11 is 0. The zero-order chi connectivity index (χ0) is 15.9. The Balaban J connectivity index is 2.08. The molecule has 1 aromatic carbocycles. The maximum Gasteiger partial charge on any atom is 0.310 e. The molecule has 5 heteroatoms. The third-order valence-electron chi connectivity index (χ3n) is 3.67. The number of aromatic nitrogens is 2. The molecule has 0 spiro atoms. The molecule has 2 rings (SSSR count). The van der Waals surface area contributed by atoms with E-state index in [9.17, 15) is 4.79 Å². The van der Waals surface area contributed by atoms with E-state index in [2.05, 4.69) is 17.1 Å². The molecule has 0 bridgehead atoms. The van der Waals surface area contributed by atoms with Crippen molar-refractivity contribution < 1.29 is 14.6 Å². The van der Waals surface area contributed by atoms with Gasteiger partial charge in [-0.05, 0) is 37.6 Å². The summed E-state index contributed by atoms with van der Waals surface area (Å²) < 4.78 is 5.68. The Labute approximate surface area is 130 Å². The number of aliphatic carboxylic acids is 1. The van der Waals surface area contributed by atoms with E-state index in [1.165, 1.54) is 12.8 Å². The highest BCUT2D eigenvalue weighted by Crippen LogP contribution is 2.28. The third-order valence-corrected chi connectivity index (χ3v) is 3.67. The largest absolute Gasteiger partial charge is 0.494 e. The van der Waals surface area contributed by atoms with Crippen LogP contribution in [0.1, 0.15) is 44.6 Å². The molecule has 1 aromatic heterocycles.